The van der Waals surface area contributed by atoms with Crippen molar-refractivity contribution in [3.8, 4) is 11.1 Å². The maximum Gasteiger partial charge on any atom is 0.408 e. The third-order valence-electron chi connectivity index (χ3n) is 4.75. The summed E-state index contributed by atoms with van der Waals surface area (Å²) in [7, 11) is 0. The zero-order chi connectivity index (χ0) is 20.5. The minimum absolute atomic E-state index is 0.123. The van der Waals surface area contributed by atoms with Gasteiger partial charge in [-0.15, -0.1) is 0 Å². The van der Waals surface area contributed by atoms with Gasteiger partial charge in [-0.25, -0.2) is 9.59 Å². The van der Waals surface area contributed by atoms with Crippen molar-refractivity contribution in [3.63, 3.8) is 0 Å². The summed E-state index contributed by atoms with van der Waals surface area (Å²) in [5, 5.41) is 11.0. The lowest BCUT2D eigenvalue weighted by atomic mass is 9.97. The van der Waals surface area contributed by atoms with E-state index in [2.05, 4.69) is 0 Å². The minimum atomic E-state index is -4.76. The molecule has 0 saturated heterocycles. The zero-order valence-corrected chi connectivity index (χ0v) is 14.9. The van der Waals surface area contributed by atoms with Crippen molar-refractivity contribution in [1.82, 2.24) is 5.32 Å². The van der Waals surface area contributed by atoms with Gasteiger partial charge in [-0.1, -0.05) is 48.5 Å². The van der Waals surface area contributed by atoms with Crippen molar-refractivity contribution >= 4 is 12.1 Å². The molecule has 0 aliphatic heterocycles. The summed E-state index contributed by atoms with van der Waals surface area (Å²) in [6, 6.07) is 15.2. The highest BCUT2D eigenvalue weighted by Crippen LogP contribution is 2.44. The molecule has 0 saturated carbocycles. The van der Waals surface area contributed by atoms with E-state index in [-0.39, 0.29) is 12.5 Å². The lowest BCUT2D eigenvalue weighted by Crippen LogP contribution is -2.54. The summed E-state index contributed by atoms with van der Waals surface area (Å²) in [4.78, 5) is 23.3. The number of hydrogen-bond acceptors (Lipinski definition) is 3. The molecule has 8 heteroatoms. The third kappa shape index (κ3) is 3.95. The standard InChI is InChI=1S/C20H18F3NO4/c1-19(17(25)26,11-20(21,22)23)24-18(27)28-10-16-14-8-4-2-6-12(14)13-7-3-5-9-15(13)16/h2-9,16H,10-11H2,1H3,(H,24,27)(H,25,26)/t19-/m1/s1. The van der Waals surface area contributed by atoms with Crippen LogP contribution in [-0.4, -0.2) is 35.5 Å². The Bertz CT molecular complexity index is 867. The molecule has 0 spiro atoms. The molecule has 5 nitrogen and oxygen atoms in total. The Morgan fingerprint density at radius 2 is 1.54 bits per heavy atom. The van der Waals surface area contributed by atoms with Crippen LogP contribution >= 0.6 is 0 Å². The summed E-state index contributed by atoms with van der Waals surface area (Å²) < 4.78 is 43.1. The van der Waals surface area contributed by atoms with E-state index in [4.69, 9.17) is 9.84 Å². The molecule has 0 radical (unpaired) electrons. The van der Waals surface area contributed by atoms with Gasteiger partial charge in [-0.05, 0) is 29.2 Å². The Balaban J connectivity index is 1.74. The summed E-state index contributed by atoms with van der Waals surface area (Å²) >= 11 is 0. The van der Waals surface area contributed by atoms with Crippen LogP contribution in [0.2, 0.25) is 0 Å². The van der Waals surface area contributed by atoms with E-state index in [0.29, 0.717) is 0 Å². The van der Waals surface area contributed by atoms with Gasteiger partial charge < -0.3 is 15.2 Å². The van der Waals surface area contributed by atoms with Crippen molar-refractivity contribution < 1.29 is 32.6 Å². The van der Waals surface area contributed by atoms with Crippen molar-refractivity contribution in [2.75, 3.05) is 6.61 Å². The number of rotatable bonds is 5. The van der Waals surface area contributed by atoms with Gasteiger partial charge in [-0.3, -0.25) is 0 Å². The van der Waals surface area contributed by atoms with Gasteiger partial charge in [0, 0.05) is 5.92 Å². The number of alkyl halides is 3. The quantitative estimate of drug-likeness (QED) is 0.793. The third-order valence-corrected chi connectivity index (χ3v) is 4.75. The molecule has 0 aromatic heterocycles. The normalized spacial score (nSPS) is 15.3. The van der Waals surface area contributed by atoms with Crippen LogP contribution < -0.4 is 5.32 Å². The Labute approximate surface area is 159 Å². The maximum atomic E-state index is 12.7. The molecule has 1 aliphatic carbocycles. The van der Waals surface area contributed by atoms with E-state index >= 15 is 0 Å². The van der Waals surface area contributed by atoms with Crippen molar-refractivity contribution in [3.05, 3.63) is 59.7 Å². The van der Waals surface area contributed by atoms with Crippen LogP contribution in [0.15, 0.2) is 48.5 Å². The summed E-state index contributed by atoms with van der Waals surface area (Å²) in [6.45, 7) is 0.672. The predicted molar refractivity (Wildman–Crippen MR) is 94.9 cm³/mol. The number of fused-ring (bicyclic) bond motifs is 3. The van der Waals surface area contributed by atoms with Crippen LogP contribution in [-0.2, 0) is 9.53 Å². The number of carboxylic acids is 1. The van der Waals surface area contributed by atoms with E-state index in [0.717, 1.165) is 29.2 Å². The number of alkyl carbamates (subject to hydrolysis) is 1. The largest absolute Gasteiger partial charge is 0.480 e. The first-order valence-corrected chi connectivity index (χ1v) is 8.54. The van der Waals surface area contributed by atoms with Crippen LogP contribution in [0.25, 0.3) is 11.1 Å². The number of nitrogens with one attached hydrogen (secondary N) is 1. The molecule has 28 heavy (non-hydrogen) atoms. The van der Waals surface area contributed by atoms with E-state index in [1.54, 1.807) is 0 Å². The van der Waals surface area contributed by atoms with Gasteiger partial charge in [0.15, 0.2) is 0 Å². The molecule has 2 aromatic carbocycles. The molecular formula is C20H18F3NO4. The number of amides is 1. The number of carbonyl (C=O) groups is 2. The van der Waals surface area contributed by atoms with Gasteiger partial charge in [0.05, 0.1) is 6.42 Å². The number of carboxylic acid groups (broad SMARTS) is 1. The highest BCUT2D eigenvalue weighted by molar-refractivity contribution is 5.84. The molecule has 1 amide bonds. The smallest absolute Gasteiger partial charge is 0.408 e. The molecular weight excluding hydrogens is 375 g/mol. The fourth-order valence-electron chi connectivity index (χ4n) is 3.43. The van der Waals surface area contributed by atoms with E-state index in [9.17, 15) is 22.8 Å². The number of halogens is 3. The molecule has 1 atom stereocenters. The molecule has 0 bridgehead atoms. The fourth-order valence-corrected chi connectivity index (χ4v) is 3.43. The Morgan fingerprint density at radius 3 is 2.00 bits per heavy atom. The topological polar surface area (TPSA) is 75.6 Å². The Kier molecular flexibility index (Phi) is 5.06. The first-order chi connectivity index (χ1) is 13.1. The average molecular weight is 393 g/mol. The molecule has 0 unspecified atom stereocenters. The monoisotopic (exact) mass is 393 g/mol. The zero-order valence-electron chi connectivity index (χ0n) is 14.9. The molecule has 1 aliphatic rings. The number of benzene rings is 2. The van der Waals surface area contributed by atoms with Crippen molar-refractivity contribution in [1.29, 1.82) is 0 Å². The summed E-state index contributed by atoms with van der Waals surface area (Å²) in [5.41, 5.74) is 1.36. The van der Waals surface area contributed by atoms with Gasteiger partial charge in [0.25, 0.3) is 0 Å². The second-order valence-corrected chi connectivity index (χ2v) is 6.88. The van der Waals surface area contributed by atoms with E-state index < -0.39 is 30.2 Å². The molecule has 2 N–H and O–H groups in total. The van der Waals surface area contributed by atoms with Gasteiger partial charge >= 0.3 is 18.2 Å². The van der Waals surface area contributed by atoms with E-state index in [1.807, 2.05) is 53.8 Å². The SMILES string of the molecule is C[C@](CC(F)(F)F)(NC(=O)OCC1c2ccccc2-c2ccccc21)C(=O)O. The second-order valence-electron chi connectivity index (χ2n) is 6.88. The molecule has 0 fully saturated rings. The number of aliphatic carboxylic acids is 1. The fraction of sp³-hybridized carbons (Fsp3) is 0.300. The van der Waals surface area contributed by atoms with Crippen LogP contribution in [0.5, 0.6) is 0 Å². The lowest BCUT2D eigenvalue weighted by Gasteiger charge is -2.27. The highest BCUT2D eigenvalue weighted by Gasteiger charge is 2.46. The summed E-state index contributed by atoms with van der Waals surface area (Å²) in [5.74, 6) is -2.07. The lowest BCUT2D eigenvalue weighted by molar-refractivity contribution is -0.167. The Morgan fingerprint density at radius 1 is 1.04 bits per heavy atom. The predicted octanol–water partition coefficient (Wildman–Crippen LogP) is 4.32. The maximum absolute atomic E-state index is 12.7. The van der Waals surface area contributed by atoms with Gasteiger partial charge in [0.2, 0.25) is 0 Å². The highest BCUT2D eigenvalue weighted by atomic mass is 19.4. The summed E-state index contributed by atoms with van der Waals surface area (Å²) in [6.07, 6.45) is -7.68. The van der Waals surface area contributed by atoms with Crippen LogP contribution in [0.4, 0.5) is 18.0 Å². The average Bonchev–Trinajstić information content (AvgIpc) is 2.92. The van der Waals surface area contributed by atoms with Crippen LogP contribution in [0.1, 0.15) is 30.4 Å². The minimum Gasteiger partial charge on any atom is -0.480 e. The number of carbonyl (C=O) groups excluding carboxylic acids is 1. The van der Waals surface area contributed by atoms with Crippen LogP contribution in [0, 0.1) is 0 Å². The first-order valence-electron chi connectivity index (χ1n) is 8.54. The van der Waals surface area contributed by atoms with Gasteiger partial charge in [0.1, 0.15) is 12.1 Å². The molecule has 0 heterocycles. The molecule has 3 rings (SSSR count). The van der Waals surface area contributed by atoms with Crippen molar-refractivity contribution in [2.45, 2.75) is 31.0 Å². The number of hydrogen-bond donors (Lipinski definition) is 2. The second kappa shape index (κ2) is 7.18. The molecule has 2 aromatic rings. The van der Waals surface area contributed by atoms with Crippen molar-refractivity contribution in [2.24, 2.45) is 0 Å². The van der Waals surface area contributed by atoms with Gasteiger partial charge in [-0.2, -0.15) is 13.2 Å². The van der Waals surface area contributed by atoms with Crippen LogP contribution in [0.3, 0.4) is 0 Å². The van der Waals surface area contributed by atoms with E-state index in [1.165, 1.54) is 0 Å². The first kappa shape index (κ1) is 19.7. The number of ether oxygens (including phenoxy) is 1. The Hall–Kier alpha value is -3.03. The molecule has 148 valence electrons.